The van der Waals surface area contributed by atoms with Gasteiger partial charge in [0.05, 0.1) is 12.7 Å². The highest BCUT2D eigenvalue weighted by molar-refractivity contribution is 5.64. The van der Waals surface area contributed by atoms with Gasteiger partial charge in [-0.2, -0.15) is 0 Å². The van der Waals surface area contributed by atoms with Crippen LogP contribution in [0.5, 0.6) is 5.75 Å². The third-order valence-electron chi connectivity index (χ3n) is 5.74. The summed E-state index contributed by atoms with van der Waals surface area (Å²) in [5.74, 6) is 0.923. The SMILES string of the molecule is CCCCCCCCCCCCOC(C)c1ccc(-c2ccc(OCC)cc2)cc1. The summed E-state index contributed by atoms with van der Waals surface area (Å²) < 4.78 is 11.6. The molecule has 0 aliphatic carbocycles. The molecule has 0 N–H and O–H groups in total. The molecule has 1 unspecified atom stereocenters. The zero-order valence-corrected chi connectivity index (χ0v) is 19.5. The summed E-state index contributed by atoms with van der Waals surface area (Å²) in [6.45, 7) is 8.00. The van der Waals surface area contributed by atoms with Gasteiger partial charge < -0.3 is 9.47 Å². The molecule has 2 rings (SSSR count). The van der Waals surface area contributed by atoms with E-state index in [1.807, 2.05) is 19.1 Å². The molecule has 2 aromatic carbocycles. The first-order chi connectivity index (χ1) is 14.7. The van der Waals surface area contributed by atoms with Crippen LogP contribution in [0.15, 0.2) is 48.5 Å². The average Bonchev–Trinajstić information content (AvgIpc) is 2.78. The largest absolute Gasteiger partial charge is 0.494 e. The maximum Gasteiger partial charge on any atom is 0.119 e. The van der Waals surface area contributed by atoms with E-state index in [1.165, 1.54) is 80.9 Å². The summed E-state index contributed by atoms with van der Waals surface area (Å²) in [6.07, 6.45) is 13.8. The lowest BCUT2D eigenvalue weighted by atomic mass is 10.0. The molecule has 2 nitrogen and oxygen atoms in total. The number of benzene rings is 2. The van der Waals surface area contributed by atoms with Crippen molar-refractivity contribution >= 4 is 0 Å². The molecule has 30 heavy (non-hydrogen) atoms. The minimum absolute atomic E-state index is 0.151. The smallest absolute Gasteiger partial charge is 0.119 e. The molecule has 0 radical (unpaired) electrons. The molecular weight excluding hydrogens is 368 g/mol. The van der Waals surface area contributed by atoms with Gasteiger partial charge in [-0.3, -0.25) is 0 Å². The Balaban J connectivity index is 1.61. The lowest BCUT2D eigenvalue weighted by Gasteiger charge is -2.14. The van der Waals surface area contributed by atoms with E-state index < -0.39 is 0 Å². The zero-order chi connectivity index (χ0) is 21.4. The molecule has 0 spiro atoms. The first-order valence-electron chi connectivity index (χ1n) is 12.2. The van der Waals surface area contributed by atoms with Crippen LogP contribution in [0.4, 0.5) is 0 Å². The Morgan fingerprint density at radius 2 is 1.13 bits per heavy atom. The van der Waals surface area contributed by atoms with Gasteiger partial charge in [0.15, 0.2) is 0 Å². The molecule has 0 aliphatic rings. The van der Waals surface area contributed by atoms with E-state index in [-0.39, 0.29) is 6.10 Å². The van der Waals surface area contributed by atoms with Crippen molar-refractivity contribution in [3.8, 4) is 16.9 Å². The number of unbranched alkanes of at least 4 members (excludes halogenated alkanes) is 9. The molecule has 2 aromatic rings. The van der Waals surface area contributed by atoms with Crippen LogP contribution in [0.3, 0.4) is 0 Å². The van der Waals surface area contributed by atoms with Crippen LogP contribution in [0, 0.1) is 0 Å². The van der Waals surface area contributed by atoms with Crippen LogP contribution in [-0.4, -0.2) is 13.2 Å². The van der Waals surface area contributed by atoms with Crippen molar-refractivity contribution in [1.29, 1.82) is 0 Å². The topological polar surface area (TPSA) is 18.5 Å². The fourth-order valence-corrected chi connectivity index (χ4v) is 3.80. The monoisotopic (exact) mass is 410 g/mol. The second-order valence-corrected chi connectivity index (χ2v) is 8.27. The molecule has 2 heteroatoms. The van der Waals surface area contributed by atoms with Gasteiger partial charge in [-0.05, 0) is 49.1 Å². The van der Waals surface area contributed by atoms with Gasteiger partial charge in [0, 0.05) is 6.61 Å². The molecule has 0 saturated carbocycles. The van der Waals surface area contributed by atoms with Gasteiger partial charge in [-0.15, -0.1) is 0 Å². The maximum absolute atomic E-state index is 6.07. The molecule has 1 atom stereocenters. The summed E-state index contributed by atoms with van der Waals surface area (Å²) in [6, 6.07) is 17.0. The van der Waals surface area contributed by atoms with Crippen molar-refractivity contribution in [3.05, 3.63) is 54.1 Å². The van der Waals surface area contributed by atoms with E-state index >= 15 is 0 Å². The van der Waals surface area contributed by atoms with E-state index in [9.17, 15) is 0 Å². The number of hydrogen-bond donors (Lipinski definition) is 0. The predicted octanol–water partition coefficient (Wildman–Crippen LogP) is 8.75. The molecule has 0 amide bonds. The minimum Gasteiger partial charge on any atom is -0.494 e. The number of rotatable bonds is 16. The third kappa shape index (κ3) is 9.34. The summed E-state index contributed by atoms with van der Waals surface area (Å²) in [4.78, 5) is 0. The van der Waals surface area contributed by atoms with Crippen LogP contribution in [0.1, 0.15) is 96.6 Å². The Morgan fingerprint density at radius 3 is 1.67 bits per heavy atom. The van der Waals surface area contributed by atoms with E-state index in [1.54, 1.807) is 0 Å². The van der Waals surface area contributed by atoms with Crippen molar-refractivity contribution in [2.24, 2.45) is 0 Å². The maximum atomic E-state index is 6.07. The predicted molar refractivity (Wildman–Crippen MR) is 129 cm³/mol. The zero-order valence-electron chi connectivity index (χ0n) is 19.5. The van der Waals surface area contributed by atoms with Crippen molar-refractivity contribution in [2.75, 3.05) is 13.2 Å². The highest BCUT2D eigenvalue weighted by Crippen LogP contribution is 2.25. The summed E-state index contributed by atoms with van der Waals surface area (Å²) in [7, 11) is 0. The number of hydrogen-bond acceptors (Lipinski definition) is 2. The Morgan fingerprint density at radius 1 is 0.633 bits per heavy atom. The Kier molecular flexibility index (Phi) is 12.3. The van der Waals surface area contributed by atoms with Crippen molar-refractivity contribution in [3.63, 3.8) is 0 Å². The fraction of sp³-hybridized carbons (Fsp3) is 0.571. The second-order valence-electron chi connectivity index (χ2n) is 8.27. The summed E-state index contributed by atoms with van der Waals surface area (Å²) in [5, 5.41) is 0. The minimum atomic E-state index is 0.151. The fourth-order valence-electron chi connectivity index (χ4n) is 3.80. The van der Waals surface area contributed by atoms with Crippen LogP contribution in [-0.2, 0) is 4.74 Å². The van der Waals surface area contributed by atoms with E-state index in [0.29, 0.717) is 6.61 Å². The second kappa shape index (κ2) is 15.1. The first-order valence-corrected chi connectivity index (χ1v) is 12.2. The molecular formula is C28H42O2. The third-order valence-corrected chi connectivity index (χ3v) is 5.74. The van der Waals surface area contributed by atoms with Gasteiger partial charge in [0.1, 0.15) is 5.75 Å². The lowest BCUT2D eigenvalue weighted by Crippen LogP contribution is -2.01. The lowest BCUT2D eigenvalue weighted by molar-refractivity contribution is 0.0627. The van der Waals surface area contributed by atoms with Crippen molar-refractivity contribution in [1.82, 2.24) is 0 Å². The van der Waals surface area contributed by atoms with Crippen LogP contribution in [0.25, 0.3) is 11.1 Å². The van der Waals surface area contributed by atoms with Crippen molar-refractivity contribution < 1.29 is 9.47 Å². The molecule has 166 valence electrons. The van der Waals surface area contributed by atoms with Gasteiger partial charge in [-0.25, -0.2) is 0 Å². The standard InChI is InChI=1S/C28H42O2/c1-4-6-7-8-9-10-11-12-13-14-23-30-24(3)25-15-17-26(18-16-25)27-19-21-28(22-20-27)29-5-2/h15-22,24H,4-14,23H2,1-3H3. The number of ether oxygens (including phenoxy) is 2. The van der Waals surface area contributed by atoms with Gasteiger partial charge >= 0.3 is 0 Å². The quantitative estimate of drug-likeness (QED) is 0.257. The van der Waals surface area contributed by atoms with Gasteiger partial charge in [0.2, 0.25) is 0 Å². The van der Waals surface area contributed by atoms with Gasteiger partial charge in [0.25, 0.3) is 0 Å². The summed E-state index contributed by atoms with van der Waals surface area (Å²) in [5.41, 5.74) is 3.68. The molecule has 0 saturated heterocycles. The molecule has 0 aromatic heterocycles. The van der Waals surface area contributed by atoms with Crippen molar-refractivity contribution in [2.45, 2.75) is 91.1 Å². The van der Waals surface area contributed by atoms with Crippen LogP contribution >= 0.6 is 0 Å². The Labute approximate surface area is 185 Å². The Hall–Kier alpha value is -1.80. The average molecular weight is 411 g/mol. The molecule has 0 aliphatic heterocycles. The summed E-state index contributed by atoms with van der Waals surface area (Å²) >= 11 is 0. The van der Waals surface area contributed by atoms with E-state index in [2.05, 4.69) is 50.2 Å². The van der Waals surface area contributed by atoms with E-state index in [0.717, 1.165) is 12.4 Å². The van der Waals surface area contributed by atoms with E-state index in [4.69, 9.17) is 9.47 Å². The van der Waals surface area contributed by atoms with Gasteiger partial charge in [-0.1, -0.05) is 101 Å². The van der Waals surface area contributed by atoms with Crippen LogP contribution in [0.2, 0.25) is 0 Å². The molecule has 0 fully saturated rings. The molecule has 0 bridgehead atoms. The highest BCUT2D eigenvalue weighted by atomic mass is 16.5. The molecule has 0 heterocycles. The van der Waals surface area contributed by atoms with Crippen LogP contribution < -0.4 is 4.74 Å². The highest BCUT2D eigenvalue weighted by Gasteiger charge is 2.06. The Bertz CT molecular complexity index is 660. The first kappa shape index (κ1) is 24.5. The normalized spacial score (nSPS) is 12.1.